The van der Waals surface area contributed by atoms with E-state index >= 15 is 0 Å². The molecule has 1 atom stereocenters. The number of hydrogen-bond acceptors (Lipinski definition) is 3. The molecule has 0 bridgehead atoms. The summed E-state index contributed by atoms with van der Waals surface area (Å²) in [5, 5.41) is 4.95. The van der Waals surface area contributed by atoms with Crippen molar-refractivity contribution in [2.24, 2.45) is 0 Å². The molecular weight excluding hydrogens is 350 g/mol. The third-order valence-electron chi connectivity index (χ3n) is 3.30. The van der Waals surface area contributed by atoms with Crippen LogP contribution in [-0.2, 0) is 0 Å². The summed E-state index contributed by atoms with van der Waals surface area (Å²) in [4.78, 5) is 4.11. The molecular formula is C16H16BrNS2. The molecule has 0 aliphatic carbocycles. The Hall–Kier alpha value is -0.680. The Bertz CT molecular complexity index is 676. The van der Waals surface area contributed by atoms with Crippen LogP contribution in [0, 0.1) is 6.92 Å². The molecule has 2 aromatic heterocycles. The van der Waals surface area contributed by atoms with Crippen LogP contribution in [0.2, 0.25) is 0 Å². The lowest BCUT2D eigenvalue weighted by Gasteiger charge is -2.14. The van der Waals surface area contributed by atoms with Gasteiger partial charge >= 0.3 is 0 Å². The molecule has 0 spiro atoms. The standard InChI is InChI=1S/C16H16BrNS2/c1-3-18-16(15-9-12(17)10(2)19-15)14-8-11-6-4-5-7-13(11)20-14/h4-9,16,18H,3H2,1-2H3. The zero-order chi connectivity index (χ0) is 14.1. The van der Waals surface area contributed by atoms with E-state index < -0.39 is 0 Å². The number of hydrogen-bond donors (Lipinski definition) is 1. The average Bonchev–Trinajstić information content (AvgIpc) is 3.00. The highest BCUT2D eigenvalue weighted by Gasteiger charge is 2.18. The molecule has 3 aromatic rings. The van der Waals surface area contributed by atoms with E-state index in [1.165, 1.54) is 29.2 Å². The fourth-order valence-corrected chi connectivity index (χ4v) is 5.20. The van der Waals surface area contributed by atoms with Crippen LogP contribution in [0.5, 0.6) is 0 Å². The molecule has 1 aromatic carbocycles. The smallest absolute Gasteiger partial charge is 0.0765 e. The zero-order valence-corrected chi connectivity index (χ0v) is 14.7. The molecule has 3 rings (SSSR count). The molecule has 0 radical (unpaired) electrons. The second-order valence-electron chi connectivity index (χ2n) is 4.73. The molecule has 1 N–H and O–H groups in total. The van der Waals surface area contributed by atoms with Crippen molar-refractivity contribution in [1.82, 2.24) is 5.32 Å². The summed E-state index contributed by atoms with van der Waals surface area (Å²) in [7, 11) is 0. The summed E-state index contributed by atoms with van der Waals surface area (Å²) >= 11 is 7.38. The van der Waals surface area contributed by atoms with Gasteiger partial charge in [0.25, 0.3) is 0 Å². The molecule has 0 aliphatic heterocycles. The van der Waals surface area contributed by atoms with Crippen molar-refractivity contribution < 1.29 is 0 Å². The van der Waals surface area contributed by atoms with Crippen molar-refractivity contribution in [1.29, 1.82) is 0 Å². The van der Waals surface area contributed by atoms with Gasteiger partial charge in [-0.2, -0.15) is 0 Å². The van der Waals surface area contributed by atoms with Crippen LogP contribution in [0.15, 0.2) is 40.9 Å². The number of thiophene rings is 2. The van der Waals surface area contributed by atoms with Gasteiger partial charge in [-0.25, -0.2) is 0 Å². The topological polar surface area (TPSA) is 12.0 Å². The maximum Gasteiger partial charge on any atom is 0.0765 e. The van der Waals surface area contributed by atoms with Crippen molar-refractivity contribution in [3.8, 4) is 0 Å². The van der Waals surface area contributed by atoms with Gasteiger partial charge in [0.05, 0.1) is 6.04 Å². The van der Waals surface area contributed by atoms with E-state index in [-0.39, 0.29) is 0 Å². The van der Waals surface area contributed by atoms with Gasteiger partial charge in [0.15, 0.2) is 0 Å². The first-order valence-electron chi connectivity index (χ1n) is 6.66. The highest BCUT2D eigenvalue weighted by Crippen LogP contribution is 2.38. The SMILES string of the molecule is CCNC(c1cc(Br)c(C)s1)c1cc2ccccc2s1. The second-order valence-corrected chi connectivity index (χ2v) is 7.99. The van der Waals surface area contributed by atoms with E-state index in [9.17, 15) is 0 Å². The van der Waals surface area contributed by atoms with E-state index in [4.69, 9.17) is 0 Å². The number of aryl methyl sites for hydroxylation is 1. The first-order chi connectivity index (χ1) is 9.69. The van der Waals surface area contributed by atoms with Crippen LogP contribution < -0.4 is 5.32 Å². The van der Waals surface area contributed by atoms with Crippen LogP contribution in [0.1, 0.15) is 27.6 Å². The van der Waals surface area contributed by atoms with Gasteiger partial charge in [-0.1, -0.05) is 25.1 Å². The lowest BCUT2D eigenvalue weighted by Crippen LogP contribution is -2.20. The predicted molar refractivity (Wildman–Crippen MR) is 94.1 cm³/mol. The molecule has 1 unspecified atom stereocenters. The molecule has 20 heavy (non-hydrogen) atoms. The van der Waals surface area contributed by atoms with Crippen molar-refractivity contribution in [2.75, 3.05) is 6.54 Å². The van der Waals surface area contributed by atoms with Crippen LogP contribution in [0.25, 0.3) is 10.1 Å². The molecule has 0 aliphatic rings. The predicted octanol–water partition coefficient (Wildman–Crippen LogP) is 5.73. The van der Waals surface area contributed by atoms with Crippen LogP contribution in [0.3, 0.4) is 0 Å². The Morgan fingerprint density at radius 3 is 2.55 bits per heavy atom. The van der Waals surface area contributed by atoms with Crippen LogP contribution >= 0.6 is 38.6 Å². The quantitative estimate of drug-likeness (QED) is 0.622. The van der Waals surface area contributed by atoms with E-state index in [1.807, 2.05) is 22.7 Å². The molecule has 4 heteroatoms. The van der Waals surface area contributed by atoms with E-state index in [0.29, 0.717) is 6.04 Å². The van der Waals surface area contributed by atoms with Crippen LogP contribution in [-0.4, -0.2) is 6.54 Å². The minimum Gasteiger partial charge on any atom is -0.305 e. The van der Waals surface area contributed by atoms with E-state index in [0.717, 1.165) is 6.54 Å². The first kappa shape index (κ1) is 14.3. The van der Waals surface area contributed by atoms with Gasteiger partial charge in [-0.15, -0.1) is 22.7 Å². The fraction of sp³-hybridized carbons (Fsp3) is 0.250. The van der Waals surface area contributed by atoms with Crippen molar-refractivity contribution in [3.63, 3.8) is 0 Å². The molecule has 104 valence electrons. The normalized spacial score (nSPS) is 12.9. The van der Waals surface area contributed by atoms with Gasteiger partial charge in [-0.05, 0) is 53.0 Å². The summed E-state index contributed by atoms with van der Waals surface area (Å²) in [5.74, 6) is 0. The lowest BCUT2D eigenvalue weighted by atomic mass is 10.1. The molecule has 2 heterocycles. The Labute approximate surface area is 135 Å². The summed E-state index contributed by atoms with van der Waals surface area (Å²) in [5.41, 5.74) is 0. The third kappa shape index (κ3) is 2.70. The number of benzene rings is 1. The minimum absolute atomic E-state index is 0.299. The Balaban J connectivity index is 2.05. The Morgan fingerprint density at radius 2 is 1.90 bits per heavy atom. The van der Waals surface area contributed by atoms with Gasteiger partial charge in [-0.3, -0.25) is 0 Å². The van der Waals surface area contributed by atoms with Gasteiger partial charge < -0.3 is 5.32 Å². The fourth-order valence-electron chi connectivity index (χ4n) is 2.31. The monoisotopic (exact) mass is 365 g/mol. The van der Waals surface area contributed by atoms with Crippen LogP contribution in [0.4, 0.5) is 0 Å². The largest absolute Gasteiger partial charge is 0.305 e. The second kappa shape index (κ2) is 5.98. The van der Waals surface area contributed by atoms with E-state index in [2.05, 4.69) is 71.5 Å². The van der Waals surface area contributed by atoms with Gasteiger partial charge in [0.1, 0.15) is 0 Å². The summed E-state index contributed by atoms with van der Waals surface area (Å²) in [6.07, 6.45) is 0. The zero-order valence-electron chi connectivity index (χ0n) is 11.4. The average molecular weight is 366 g/mol. The Morgan fingerprint density at radius 1 is 1.15 bits per heavy atom. The summed E-state index contributed by atoms with van der Waals surface area (Å²) in [6.45, 7) is 5.29. The van der Waals surface area contributed by atoms with Crippen molar-refractivity contribution >= 4 is 48.7 Å². The molecule has 0 saturated heterocycles. The molecule has 0 fully saturated rings. The molecule has 0 saturated carbocycles. The maximum absolute atomic E-state index is 3.63. The van der Waals surface area contributed by atoms with Crippen molar-refractivity contribution in [3.05, 3.63) is 55.5 Å². The minimum atomic E-state index is 0.299. The Kier molecular flexibility index (Phi) is 4.26. The van der Waals surface area contributed by atoms with Gasteiger partial charge in [0.2, 0.25) is 0 Å². The molecule has 1 nitrogen and oxygen atoms in total. The number of fused-ring (bicyclic) bond motifs is 1. The summed E-state index contributed by atoms with van der Waals surface area (Å²) < 4.78 is 2.57. The lowest BCUT2D eigenvalue weighted by molar-refractivity contribution is 0.649. The number of rotatable bonds is 4. The highest BCUT2D eigenvalue weighted by atomic mass is 79.9. The van der Waals surface area contributed by atoms with Gasteiger partial charge in [0, 0.05) is 23.8 Å². The highest BCUT2D eigenvalue weighted by molar-refractivity contribution is 9.10. The number of nitrogens with one attached hydrogen (secondary N) is 1. The van der Waals surface area contributed by atoms with E-state index in [1.54, 1.807) is 0 Å². The maximum atomic E-state index is 3.63. The summed E-state index contributed by atoms with van der Waals surface area (Å²) in [6, 6.07) is 13.5. The third-order valence-corrected chi connectivity index (χ3v) is 6.68. The molecule has 0 amide bonds. The number of halogens is 1. The first-order valence-corrected chi connectivity index (χ1v) is 9.09. The van der Waals surface area contributed by atoms with Crippen molar-refractivity contribution in [2.45, 2.75) is 19.9 Å².